The van der Waals surface area contributed by atoms with Crippen molar-refractivity contribution in [2.24, 2.45) is 0 Å². The quantitative estimate of drug-likeness (QED) is 0.707. The number of carbonyl (C=O) groups is 1. The number of carboxylic acids is 1. The maximum atomic E-state index is 12.9. The molecule has 19 heavy (non-hydrogen) atoms. The van der Waals surface area contributed by atoms with Crippen molar-refractivity contribution in [1.82, 2.24) is 9.88 Å². The van der Waals surface area contributed by atoms with E-state index in [1.54, 1.807) is 0 Å². The van der Waals surface area contributed by atoms with Crippen LogP contribution in [0.1, 0.15) is 30.6 Å². The van der Waals surface area contributed by atoms with E-state index in [1.165, 1.54) is 0 Å². The molecule has 0 fully saturated rings. The highest BCUT2D eigenvalue weighted by Gasteiger charge is 2.12. The van der Waals surface area contributed by atoms with Gasteiger partial charge in [-0.05, 0) is 32.1 Å². The van der Waals surface area contributed by atoms with E-state index >= 15 is 0 Å². The molecule has 0 unspecified atom stereocenters. The van der Waals surface area contributed by atoms with Gasteiger partial charge in [0.25, 0.3) is 0 Å². The van der Waals surface area contributed by atoms with Crippen LogP contribution < -0.4 is 5.32 Å². The average molecular weight is 269 g/mol. The zero-order valence-electron chi connectivity index (χ0n) is 11.3. The van der Waals surface area contributed by atoms with Gasteiger partial charge >= 0.3 is 5.97 Å². The lowest BCUT2D eigenvalue weighted by Crippen LogP contribution is -2.25. The van der Waals surface area contributed by atoms with E-state index < -0.39 is 11.8 Å². The van der Waals surface area contributed by atoms with Crippen LogP contribution in [0.5, 0.6) is 0 Å². The summed E-state index contributed by atoms with van der Waals surface area (Å²) in [4.78, 5) is 17.0. The molecule has 1 heterocycles. The van der Waals surface area contributed by atoms with Gasteiger partial charge in [-0.2, -0.15) is 0 Å². The van der Waals surface area contributed by atoms with Crippen LogP contribution in [0, 0.1) is 5.82 Å². The minimum atomic E-state index is -1.18. The minimum absolute atomic E-state index is 0.136. The third-order valence-corrected chi connectivity index (χ3v) is 2.92. The Morgan fingerprint density at radius 1 is 1.47 bits per heavy atom. The molecule has 1 aromatic heterocycles. The van der Waals surface area contributed by atoms with Crippen molar-refractivity contribution in [3.8, 4) is 0 Å². The molecule has 0 aliphatic heterocycles. The highest BCUT2D eigenvalue weighted by molar-refractivity contribution is 5.93. The van der Waals surface area contributed by atoms with Gasteiger partial charge in [-0.3, -0.25) is 0 Å². The lowest BCUT2D eigenvalue weighted by atomic mass is 10.2. The molecular formula is C13H20FN3O2. The highest BCUT2D eigenvalue weighted by Crippen LogP contribution is 2.13. The molecule has 5 nitrogen and oxygen atoms in total. The molecule has 0 saturated carbocycles. The summed E-state index contributed by atoms with van der Waals surface area (Å²) < 4.78 is 12.9. The molecule has 0 aliphatic carbocycles. The number of aromatic nitrogens is 1. The third-order valence-electron chi connectivity index (χ3n) is 2.92. The summed E-state index contributed by atoms with van der Waals surface area (Å²) in [6.45, 7) is 7.72. The zero-order valence-corrected chi connectivity index (χ0v) is 11.3. The molecule has 6 heteroatoms. The minimum Gasteiger partial charge on any atom is -0.478 e. The summed E-state index contributed by atoms with van der Waals surface area (Å²) in [5.41, 5.74) is -0.136. The fourth-order valence-corrected chi connectivity index (χ4v) is 1.79. The van der Waals surface area contributed by atoms with E-state index in [2.05, 4.69) is 29.0 Å². The van der Waals surface area contributed by atoms with Crippen LogP contribution in [0.25, 0.3) is 0 Å². The lowest BCUT2D eigenvalue weighted by Gasteiger charge is -2.18. The van der Waals surface area contributed by atoms with Crippen LogP contribution in [0.15, 0.2) is 12.3 Å². The van der Waals surface area contributed by atoms with Crippen LogP contribution in [-0.2, 0) is 0 Å². The summed E-state index contributed by atoms with van der Waals surface area (Å²) in [5, 5.41) is 11.9. The van der Waals surface area contributed by atoms with Crippen molar-refractivity contribution in [2.75, 3.05) is 31.5 Å². The van der Waals surface area contributed by atoms with E-state index in [-0.39, 0.29) is 11.4 Å². The Balaban J connectivity index is 2.51. The van der Waals surface area contributed by atoms with Crippen LogP contribution in [-0.4, -0.2) is 47.1 Å². The Labute approximate surface area is 112 Å². The molecule has 0 saturated heterocycles. The third kappa shape index (κ3) is 4.82. The van der Waals surface area contributed by atoms with Gasteiger partial charge in [0.15, 0.2) is 0 Å². The van der Waals surface area contributed by atoms with E-state index in [4.69, 9.17) is 5.11 Å². The SMILES string of the molecule is CCN(CC)CCCNc1ncc(F)cc1C(=O)O. The second-order valence-corrected chi connectivity index (χ2v) is 4.16. The van der Waals surface area contributed by atoms with Gasteiger partial charge in [0, 0.05) is 6.54 Å². The molecule has 0 atom stereocenters. The predicted octanol–water partition coefficient (Wildman–Crippen LogP) is 2.06. The summed E-state index contributed by atoms with van der Waals surface area (Å²) >= 11 is 0. The zero-order chi connectivity index (χ0) is 14.3. The molecule has 1 aromatic rings. The number of hydrogen-bond acceptors (Lipinski definition) is 4. The Morgan fingerprint density at radius 3 is 2.74 bits per heavy atom. The van der Waals surface area contributed by atoms with E-state index in [0.717, 1.165) is 38.3 Å². The van der Waals surface area contributed by atoms with Gasteiger partial charge in [-0.25, -0.2) is 14.2 Å². The molecule has 1 rings (SSSR count). The van der Waals surface area contributed by atoms with Crippen LogP contribution >= 0.6 is 0 Å². The smallest absolute Gasteiger partial charge is 0.339 e. The number of nitrogens with one attached hydrogen (secondary N) is 1. The summed E-state index contributed by atoms with van der Waals surface area (Å²) in [6.07, 6.45) is 1.89. The molecule has 0 aliphatic rings. The monoisotopic (exact) mass is 269 g/mol. The normalized spacial score (nSPS) is 10.7. The van der Waals surface area contributed by atoms with Crippen molar-refractivity contribution >= 4 is 11.8 Å². The van der Waals surface area contributed by atoms with Gasteiger partial charge in [0.2, 0.25) is 0 Å². The predicted molar refractivity (Wildman–Crippen MR) is 72.0 cm³/mol. The fourth-order valence-electron chi connectivity index (χ4n) is 1.79. The first-order valence-corrected chi connectivity index (χ1v) is 6.43. The average Bonchev–Trinajstić information content (AvgIpc) is 2.40. The number of nitrogens with zero attached hydrogens (tertiary/aromatic N) is 2. The second kappa shape index (κ2) is 7.68. The summed E-state index contributed by atoms with van der Waals surface area (Å²) in [5.74, 6) is -1.61. The van der Waals surface area contributed by atoms with Crippen LogP contribution in [0.2, 0.25) is 0 Å². The Morgan fingerprint density at radius 2 is 2.16 bits per heavy atom. The van der Waals surface area contributed by atoms with Crippen molar-refractivity contribution in [1.29, 1.82) is 0 Å². The van der Waals surface area contributed by atoms with Crippen molar-refractivity contribution in [3.63, 3.8) is 0 Å². The molecule has 0 radical (unpaired) electrons. The van der Waals surface area contributed by atoms with Crippen molar-refractivity contribution < 1.29 is 14.3 Å². The van der Waals surface area contributed by atoms with Gasteiger partial charge in [0.05, 0.1) is 6.20 Å². The molecule has 0 amide bonds. The first-order valence-electron chi connectivity index (χ1n) is 6.43. The van der Waals surface area contributed by atoms with Crippen LogP contribution in [0.3, 0.4) is 0 Å². The molecule has 106 valence electrons. The second-order valence-electron chi connectivity index (χ2n) is 4.16. The Hall–Kier alpha value is -1.69. The van der Waals surface area contributed by atoms with Gasteiger partial charge in [-0.1, -0.05) is 13.8 Å². The number of carboxylic acid groups (broad SMARTS) is 1. The molecule has 0 spiro atoms. The van der Waals surface area contributed by atoms with E-state index in [0.29, 0.717) is 6.54 Å². The molecule has 0 aromatic carbocycles. The van der Waals surface area contributed by atoms with Crippen molar-refractivity contribution in [3.05, 3.63) is 23.6 Å². The number of pyridine rings is 1. The first-order chi connectivity index (χ1) is 9.08. The van der Waals surface area contributed by atoms with Gasteiger partial charge < -0.3 is 15.3 Å². The van der Waals surface area contributed by atoms with E-state index in [1.807, 2.05) is 0 Å². The van der Waals surface area contributed by atoms with E-state index in [9.17, 15) is 9.18 Å². The molecule has 0 bridgehead atoms. The number of halogens is 1. The summed E-state index contributed by atoms with van der Waals surface area (Å²) in [6, 6.07) is 0.974. The van der Waals surface area contributed by atoms with Crippen molar-refractivity contribution in [2.45, 2.75) is 20.3 Å². The largest absolute Gasteiger partial charge is 0.478 e. The number of aromatic carboxylic acids is 1. The first kappa shape index (κ1) is 15.4. The Bertz CT molecular complexity index is 422. The number of rotatable bonds is 8. The maximum absolute atomic E-state index is 12.9. The number of anilines is 1. The van der Waals surface area contributed by atoms with Gasteiger partial charge in [-0.15, -0.1) is 0 Å². The topological polar surface area (TPSA) is 65.5 Å². The fraction of sp³-hybridized carbons (Fsp3) is 0.538. The molecular weight excluding hydrogens is 249 g/mol. The molecule has 2 N–H and O–H groups in total. The highest BCUT2D eigenvalue weighted by atomic mass is 19.1. The Kier molecular flexibility index (Phi) is 6.21. The van der Waals surface area contributed by atoms with Gasteiger partial charge in [0.1, 0.15) is 17.2 Å². The lowest BCUT2D eigenvalue weighted by molar-refractivity contribution is 0.0697. The standard InChI is InChI=1S/C13H20FN3O2/c1-3-17(4-2)7-5-6-15-12-11(13(18)19)8-10(14)9-16-12/h8-9H,3-7H2,1-2H3,(H,15,16)(H,18,19). The summed E-state index contributed by atoms with van der Waals surface area (Å²) in [7, 11) is 0. The number of hydrogen-bond donors (Lipinski definition) is 2. The maximum Gasteiger partial charge on any atom is 0.339 e. The van der Waals surface area contributed by atoms with Crippen LogP contribution in [0.4, 0.5) is 10.2 Å².